The topological polar surface area (TPSA) is 71.8 Å². The van der Waals surface area contributed by atoms with Crippen LogP contribution in [0, 0.1) is 0 Å². The van der Waals surface area contributed by atoms with Crippen molar-refractivity contribution < 1.29 is 4.74 Å². The van der Waals surface area contributed by atoms with Gasteiger partial charge in [0.2, 0.25) is 0 Å². The number of ether oxygens (including phenoxy) is 1. The fourth-order valence-corrected chi connectivity index (χ4v) is 4.18. The van der Waals surface area contributed by atoms with Gasteiger partial charge in [-0.25, -0.2) is 15.0 Å². The quantitative estimate of drug-likeness (QED) is 0.197. The van der Waals surface area contributed by atoms with Crippen LogP contribution in [0.4, 0.5) is 5.69 Å². The maximum Gasteiger partial charge on any atom is 0.173 e. The first-order valence-corrected chi connectivity index (χ1v) is 11.4. The lowest BCUT2D eigenvalue weighted by Crippen LogP contribution is -2.20. The lowest BCUT2D eigenvalue weighted by Gasteiger charge is -2.08. The van der Waals surface area contributed by atoms with E-state index < -0.39 is 0 Å². The number of hydrogen-bond donors (Lipinski definition) is 1. The Balaban J connectivity index is 1.46. The van der Waals surface area contributed by atoms with Crippen LogP contribution in [0.15, 0.2) is 95.0 Å². The average Bonchev–Trinajstić information content (AvgIpc) is 3.27. The van der Waals surface area contributed by atoms with Gasteiger partial charge in [-0.3, -0.25) is 5.43 Å². The van der Waals surface area contributed by atoms with Crippen LogP contribution in [0.1, 0.15) is 17.6 Å². The largest absolute Gasteiger partial charge is 0.494 e. The molecule has 0 amide bonds. The molecule has 0 fully saturated rings. The van der Waals surface area contributed by atoms with E-state index in [-0.39, 0.29) is 0 Å². The van der Waals surface area contributed by atoms with Crippen LogP contribution < -0.4 is 10.2 Å². The number of aromatic nitrogens is 2. The van der Waals surface area contributed by atoms with Gasteiger partial charge in [-0.15, -0.1) is 11.3 Å². The standard InChI is InChI=1S/C26H21N5OS/c1-2-32-20-14-12-19(13-15-20)28-26(23-16-11-18-7-3-4-8-21(18)29-23)31-27-17-25-30-22-9-5-6-10-24(22)33-25/h3-17H,2H2,1H3,(H,28,31). The molecule has 5 rings (SSSR count). The lowest BCUT2D eigenvalue weighted by atomic mass is 10.2. The smallest absolute Gasteiger partial charge is 0.173 e. The molecule has 3 aromatic carbocycles. The van der Waals surface area contributed by atoms with Crippen LogP contribution in [0.3, 0.4) is 0 Å². The molecule has 0 aliphatic heterocycles. The first-order chi connectivity index (χ1) is 16.3. The van der Waals surface area contributed by atoms with Gasteiger partial charge in [0.05, 0.1) is 34.2 Å². The van der Waals surface area contributed by atoms with Crippen molar-refractivity contribution in [2.24, 2.45) is 10.1 Å². The molecular formula is C26H21N5OS. The number of pyridine rings is 1. The number of nitrogens with one attached hydrogen (secondary N) is 1. The summed E-state index contributed by atoms with van der Waals surface area (Å²) in [7, 11) is 0. The summed E-state index contributed by atoms with van der Waals surface area (Å²) in [4.78, 5) is 14.1. The van der Waals surface area contributed by atoms with Crippen LogP contribution in [-0.4, -0.2) is 28.6 Å². The molecule has 6 nitrogen and oxygen atoms in total. The minimum Gasteiger partial charge on any atom is -0.494 e. The van der Waals surface area contributed by atoms with Gasteiger partial charge in [0, 0.05) is 5.39 Å². The highest BCUT2D eigenvalue weighted by molar-refractivity contribution is 7.20. The third-order valence-corrected chi connectivity index (χ3v) is 5.86. The Kier molecular flexibility index (Phi) is 6.04. The number of hydrazone groups is 1. The van der Waals surface area contributed by atoms with Crippen molar-refractivity contribution in [2.75, 3.05) is 6.61 Å². The average molecular weight is 452 g/mol. The number of rotatable bonds is 6. The fraction of sp³-hybridized carbons (Fsp3) is 0.0769. The van der Waals surface area contributed by atoms with Gasteiger partial charge >= 0.3 is 0 Å². The molecule has 0 spiro atoms. The maximum absolute atomic E-state index is 5.53. The van der Waals surface area contributed by atoms with Crippen molar-refractivity contribution in [3.8, 4) is 5.75 Å². The number of hydrogen-bond acceptors (Lipinski definition) is 6. The summed E-state index contributed by atoms with van der Waals surface area (Å²) in [6, 6.07) is 27.6. The van der Waals surface area contributed by atoms with Crippen molar-refractivity contribution >= 4 is 50.2 Å². The Morgan fingerprint density at radius 3 is 2.52 bits per heavy atom. The molecular weight excluding hydrogens is 430 g/mol. The summed E-state index contributed by atoms with van der Waals surface area (Å²) in [5.74, 6) is 1.35. The first kappa shape index (κ1) is 20.8. The van der Waals surface area contributed by atoms with Crippen LogP contribution in [0.5, 0.6) is 5.75 Å². The molecule has 0 radical (unpaired) electrons. The van der Waals surface area contributed by atoms with E-state index in [9.17, 15) is 0 Å². The minimum atomic E-state index is 0.544. The summed E-state index contributed by atoms with van der Waals surface area (Å²) >= 11 is 1.59. The van der Waals surface area contributed by atoms with Gasteiger partial charge in [0.25, 0.3) is 0 Å². The molecule has 5 aromatic rings. The zero-order chi connectivity index (χ0) is 22.5. The zero-order valence-corrected chi connectivity index (χ0v) is 18.8. The monoisotopic (exact) mass is 451 g/mol. The van der Waals surface area contributed by atoms with E-state index >= 15 is 0 Å². The number of aliphatic imine (C=N–C) groups is 1. The second-order valence-electron chi connectivity index (χ2n) is 7.17. The second kappa shape index (κ2) is 9.58. The van der Waals surface area contributed by atoms with Crippen molar-refractivity contribution in [1.82, 2.24) is 15.4 Å². The van der Waals surface area contributed by atoms with Gasteiger partial charge in [-0.2, -0.15) is 5.10 Å². The fourth-order valence-electron chi connectivity index (χ4n) is 3.34. The molecule has 0 unspecified atom stereocenters. The molecule has 0 saturated heterocycles. The van der Waals surface area contributed by atoms with E-state index in [1.165, 1.54) is 0 Å². The zero-order valence-electron chi connectivity index (χ0n) is 18.0. The van der Waals surface area contributed by atoms with E-state index in [2.05, 4.69) is 21.6 Å². The van der Waals surface area contributed by atoms with Crippen LogP contribution in [0.2, 0.25) is 0 Å². The van der Waals surface area contributed by atoms with E-state index in [4.69, 9.17) is 14.7 Å². The predicted octanol–water partition coefficient (Wildman–Crippen LogP) is 5.95. The van der Waals surface area contributed by atoms with E-state index in [1.807, 2.05) is 85.8 Å². The second-order valence-corrected chi connectivity index (χ2v) is 8.23. The number of benzene rings is 3. The van der Waals surface area contributed by atoms with Crippen LogP contribution in [0.25, 0.3) is 21.1 Å². The van der Waals surface area contributed by atoms with Gasteiger partial charge < -0.3 is 4.74 Å². The van der Waals surface area contributed by atoms with E-state index in [0.717, 1.165) is 37.6 Å². The molecule has 0 bridgehead atoms. The highest BCUT2D eigenvalue weighted by Crippen LogP contribution is 2.21. The summed E-state index contributed by atoms with van der Waals surface area (Å²) < 4.78 is 6.66. The first-order valence-electron chi connectivity index (χ1n) is 10.6. The number of amidine groups is 1. The number of para-hydroxylation sites is 2. The molecule has 2 heterocycles. The van der Waals surface area contributed by atoms with Gasteiger partial charge in [-0.1, -0.05) is 36.4 Å². The molecule has 0 aliphatic carbocycles. The minimum absolute atomic E-state index is 0.544. The van der Waals surface area contributed by atoms with Crippen molar-refractivity contribution in [2.45, 2.75) is 6.92 Å². The van der Waals surface area contributed by atoms with Crippen molar-refractivity contribution in [3.05, 3.63) is 95.6 Å². The van der Waals surface area contributed by atoms with Crippen LogP contribution in [-0.2, 0) is 0 Å². The Morgan fingerprint density at radius 2 is 1.70 bits per heavy atom. The summed E-state index contributed by atoms with van der Waals surface area (Å²) in [5.41, 5.74) is 6.40. The van der Waals surface area contributed by atoms with Gasteiger partial charge in [0.15, 0.2) is 5.84 Å². The molecule has 0 saturated carbocycles. The predicted molar refractivity (Wildman–Crippen MR) is 136 cm³/mol. The highest BCUT2D eigenvalue weighted by Gasteiger charge is 2.07. The Hall–Kier alpha value is -4.10. The Morgan fingerprint density at radius 1 is 0.909 bits per heavy atom. The van der Waals surface area contributed by atoms with Gasteiger partial charge in [0.1, 0.15) is 16.5 Å². The third kappa shape index (κ3) is 4.88. The molecule has 33 heavy (non-hydrogen) atoms. The molecule has 0 aliphatic rings. The summed E-state index contributed by atoms with van der Waals surface area (Å²) in [5, 5.41) is 6.30. The summed E-state index contributed by atoms with van der Waals surface area (Å²) in [6.45, 7) is 2.58. The Labute approximate surface area is 195 Å². The number of nitrogens with zero attached hydrogens (tertiary/aromatic N) is 4. The molecule has 7 heteroatoms. The number of fused-ring (bicyclic) bond motifs is 2. The van der Waals surface area contributed by atoms with Crippen molar-refractivity contribution in [3.63, 3.8) is 0 Å². The molecule has 1 N–H and O–H groups in total. The SMILES string of the molecule is CCOc1ccc(N=C(NN=Cc2nc3ccccc3s2)c2ccc3ccccc3n2)cc1. The normalized spacial score (nSPS) is 12.0. The summed E-state index contributed by atoms with van der Waals surface area (Å²) in [6.07, 6.45) is 1.71. The molecule has 0 atom stereocenters. The van der Waals surface area contributed by atoms with Gasteiger partial charge in [-0.05, 0) is 55.5 Å². The van der Waals surface area contributed by atoms with Crippen LogP contribution >= 0.6 is 11.3 Å². The maximum atomic E-state index is 5.53. The van der Waals surface area contributed by atoms with Crippen molar-refractivity contribution in [1.29, 1.82) is 0 Å². The Bertz CT molecular complexity index is 1420. The molecule has 162 valence electrons. The number of thiazole rings is 1. The van der Waals surface area contributed by atoms with E-state index in [1.54, 1.807) is 17.6 Å². The highest BCUT2D eigenvalue weighted by atomic mass is 32.1. The molecule has 2 aromatic heterocycles. The van der Waals surface area contributed by atoms with E-state index in [0.29, 0.717) is 18.1 Å². The third-order valence-electron chi connectivity index (χ3n) is 4.89. The lowest BCUT2D eigenvalue weighted by molar-refractivity contribution is 0.340.